The van der Waals surface area contributed by atoms with Crippen molar-refractivity contribution in [1.29, 1.82) is 0 Å². The van der Waals surface area contributed by atoms with Gasteiger partial charge in [-0.05, 0) is 13.0 Å². The summed E-state index contributed by atoms with van der Waals surface area (Å²) in [6, 6.07) is 1.97. The van der Waals surface area contributed by atoms with Gasteiger partial charge in [-0.15, -0.1) is 0 Å². The highest BCUT2D eigenvalue weighted by molar-refractivity contribution is 5.78. The van der Waals surface area contributed by atoms with Crippen molar-refractivity contribution in [2.45, 2.75) is 13.8 Å². The first-order valence-corrected chi connectivity index (χ1v) is 6.52. The van der Waals surface area contributed by atoms with Crippen molar-refractivity contribution in [1.82, 2.24) is 19.8 Å². The molecule has 1 aromatic heterocycles. The molecular weight excluding hydrogens is 260 g/mol. The fourth-order valence-electron chi connectivity index (χ4n) is 1.98. The van der Waals surface area contributed by atoms with E-state index in [0.29, 0.717) is 26.2 Å². The molecule has 0 bridgehead atoms. The highest BCUT2D eigenvalue weighted by atomic mass is 16.5. The highest BCUT2D eigenvalue weighted by Gasteiger charge is 2.22. The molecule has 1 aromatic rings. The minimum Gasteiger partial charge on any atom is -0.453 e. The van der Waals surface area contributed by atoms with Crippen molar-refractivity contribution in [2.24, 2.45) is 0 Å². The Morgan fingerprint density at radius 2 is 1.90 bits per heavy atom. The molecule has 1 aliphatic rings. The summed E-state index contributed by atoms with van der Waals surface area (Å²) in [5.74, 6) is -0.0696. The average Bonchev–Trinajstić information content (AvgIpc) is 2.45. The number of ether oxygens (including phenoxy) is 1. The molecule has 0 atom stereocenters. The topological polar surface area (TPSA) is 75.6 Å². The number of aryl methyl sites for hydroxylation is 1. The van der Waals surface area contributed by atoms with E-state index in [1.54, 1.807) is 22.1 Å². The fraction of sp³-hybridized carbons (Fsp3) is 0.538. The molecule has 0 saturated carbocycles. The Morgan fingerprint density at radius 3 is 2.50 bits per heavy atom. The largest absolute Gasteiger partial charge is 0.453 e. The maximum Gasteiger partial charge on any atom is 0.317 e. The van der Waals surface area contributed by atoms with E-state index in [0.717, 1.165) is 5.69 Å². The lowest BCUT2D eigenvalue weighted by Gasteiger charge is -2.34. The number of nitrogens with zero attached hydrogens (tertiary/aromatic N) is 4. The van der Waals surface area contributed by atoms with Crippen molar-refractivity contribution in [3.63, 3.8) is 0 Å². The van der Waals surface area contributed by atoms with Gasteiger partial charge in [0.2, 0.25) is 5.91 Å². The standard InChI is InChI=1S/C13H18N4O3/c1-10-3-4-14-13(15-10)20-9-12(19)17-7-5-16(6-8-17)11(2)18/h3-4H,5-9H2,1-2H3. The number of piperazine rings is 1. The van der Waals surface area contributed by atoms with Gasteiger partial charge in [-0.2, -0.15) is 0 Å². The van der Waals surface area contributed by atoms with E-state index in [1.807, 2.05) is 6.92 Å². The van der Waals surface area contributed by atoms with Gasteiger partial charge in [0.1, 0.15) is 0 Å². The molecule has 0 spiro atoms. The minimum atomic E-state index is -0.113. The number of aromatic nitrogens is 2. The van der Waals surface area contributed by atoms with Gasteiger partial charge in [0.25, 0.3) is 5.91 Å². The van der Waals surface area contributed by atoms with Crippen LogP contribution in [0.25, 0.3) is 0 Å². The van der Waals surface area contributed by atoms with Gasteiger partial charge in [0.05, 0.1) is 0 Å². The lowest BCUT2D eigenvalue weighted by atomic mass is 10.3. The number of carbonyl (C=O) groups is 2. The average molecular weight is 278 g/mol. The smallest absolute Gasteiger partial charge is 0.317 e. The maximum atomic E-state index is 12.0. The van der Waals surface area contributed by atoms with Crippen molar-refractivity contribution in [3.05, 3.63) is 18.0 Å². The van der Waals surface area contributed by atoms with E-state index in [4.69, 9.17) is 4.74 Å². The van der Waals surface area contributed by atoms with Gasteiger partial charge in [0, 0.05) is 45.0 Å². The van der Waals surface area contributed by atoms with Crippen LogP contribution in [0.5, 0.6) is 6.01 Å². The number of hydrogen-bond donors (Lipinski definition) is 0. The number of carbonyl (C=O) groups excluding carboxylic acids is 2. The summed E-state index contributed by atoms with van der Waals surface area (Å²) in [4.78, 5) is 34.6. The highest BCUT2D eigenvalue weighted by Crippen LogP contribution is 2.05. The molecule has 20 heavy (non-hydrogen) atoms. The Hall–Kier alpha value is -2.18. The first kappa shape index (κ1) is 14.2. The molecule has 2 amide bonds. The van der Waals surface area contributed by atoms with Crippen molar-refractivity contribution >= 4 is 11.8 Å². The predicted octanol–water partition coefficient (Wildman–Crippen LogP) is -0.145. The van der Waals surface area contributed by atoms with Crippen LogP contribution in [0.1, 0.15) is 12.6 Å². The summed E-state index contributed by atoms with van der Waals surface area (Å²) in [6.07, 6.45) is 1.59. The van der Waals surface area contributed by atoms with Crippen LogP contribution in [-0.4, -0.2) is 64.4 Å². The van der Waals surface area contributed by atoms with Gasteiger partial charge in [-0.3, -0.25) is 9.59 Å². The third kappa shape index (κ3) is 3.66. The van der Waals surface area contributed by atoms with Crippen LogP contribution >= 0.6 is 0 Å². The molecule has 0 aromatic carbocycles. The van der Waals surface area contributed by atoms with Gasteiger partial charge in [0.15, 0.2) is 6.61 Å². The summed E-state index contributed by atoms with van der Waals surface area (Å²) in [6.45, 7) is 5.51. The van der Waals surface area contributed by atoms with E-state index < -0.39 is 0 Å². The number of hydrogen-bond acceptors (Lipinski definition) is 5. The maximum absolute atomic E-state index is 12.0. The monoisotopic (exact) mass is 278 g/mol. The second kappa shape index (κ2) is 6.31. The lowest BCUT2D eigenvalue weighted by Crippen LogP contribution is -2.51. The zero-order chi connectivity index (χ0) is 14.5. The SMILES string of the molecule is CC(=O)N1CCN(C(=O)COc2nccc(C)n2)CC1. The molecule has 108 valence electrons. The Balaban J connectivity index is 1.80. The van der Waals surface area contributed by atoms with E-state index >= 15 is 0 Å². The molecule has 0 aliphatic carbocycles. The van der Waals surface area contributed by atoms with Crippen LogP contribution in [0.2, 0.25) is 0 Å². The first-order valence-electron chi connectivity index (χ1n) is 6.52. The van der Waals surface area contributed by atoms with Crippen LogP contribution in [0.3, 0.4) is 0 Å². The van der Waals surface area contributed by atoms with Crippen LogP contribution in [0.4, 0.5) is 0 Å². The van der Waals surface area contributed by atoms with E-state index in [9.17, 15) is 9.59 Å². The molecule has 1 fully saturated rings. The second-order valence-electron chi connectivity index (χ2n) is 4.66. The van der Waals surface area contributed by atoms with Gasteiger partial charge in [-0.1, -0.05) is 0 Å². The van der Waals surface area contributed by atoms with Crippen LogP contribution in [-0.2, 0) is 9.59 Å². The molecule has 7 nitrogen and oxygen atoms in total. The fourth-order valence-corrected chi connectivity index (χ4v) is 1.98. The zero-order valence-electron chi connectivity index (χ0n) is 11.7. The Bertz CT molecular complexity index is 498. The Morgan fingerprint density at radius 1 is 1.25 bits per heavy atom. The van der Waals surface area contributed by atoms with E-state index in [2.05, 4.69) is 9.97 Å². The zero-order valence-corrected chi connectivity index (χ0v) is 11.7. The molecule has 0 radical (unpaired) electrons. The quantitative estimate of drug-likeness (QED) is 0.769. The van der Waals surface area contributed by atoms with Crippen molar-refractivity contribution in [2.75, 3.05) is 32.8 Å². The molecular formula is C13H18N4O3. The van der Waals surface area contributed by atoms with Crippen LogP contribution in [0.15, 0.2) is 12.3 Å². The molecule has 0 N–H and O–H groups in total. The summed E-state index contributed by atoms with van der Waals surface area (Å²) in [5, 5.41) is 0. The third-order valence-corrected chi connectivity index (χ3v) is 3.18. The number of amides is 2. The van der Waals surface area contributed by atoms with Crippen LogP contribution in [0, 0.1) is 6.92 Å². The molecule has 2 rings (SSSR count). The Kier molecular flexibility index (Phi) is 4.49. The van der Waals surface area contributed by atoms with Gasteiger partial charge < -0.3 is 14.5 Å². The van der Waals surface area contributed by atoms with Crippen molar-refractivity contribution < 1.29 is 14.3 Å². The van der Waals surface area contributed by atoms with Gasteiger partial charge >= 0.3 is 6.01 Å². The summed E-state index contributed by atoms with van der Waals surface area (Å²) in [5.41, 5.74) is 0.789. The molecule has 2 heterocycles. The molecule has 0 unspecified atom stereocenters. The summed E-state index contributed by atoms with van der Waals surface area (Å²) in [7, 11) is 0. The first-order chi connectivity index (χ1) is 9.56. The Labute approximate surface area is 117 Å². The normalized spacial score (nSPS) is 15.1. The minimum absolute atomic E-state index is 0.0431. The molecule has 1 saturated heterocycles. The third-order valence-electron chi connectivity index (χ3n) is 3.18. The number of rotatable bonds is 3. The summed E-state index contributed by atoms with van der Waals surface area (Å²) < 4.78 is 5.28. The molecule has 1 aliphatic heterocycles. The van der Waals surface area contributed by atoms with Crippen molar-refractivity contribution in [3.8, 4) is 6.01 Å². The lowest BCUT2D eigenvalue weighted by molar-refractivity contribution is -0.139. The van der Waals surface area contributed by atoms with E-state index in [-0.39, 0.29) is 24.4 Å². The summed E-state index contributed by atoms with van der Waals surface area (Å²) >= 11 is 0. The van der Waals surface area contributed by atoms with Gasteiger partial charge in [-0.25, -0.2) is 9.97 Å². The van der Waals surface area contributed by atoms with Crippen LogP contribution < -0.4 is 4.74 Å². The molecule has 7 heteroatoms. The predicted molar refractivity (Wildman–Crippen MR) is 71.1 cm³/mol. The second-order valence-corrected chi connectivity index (χ2v) is 4.66. The van der Waals surface area contributed by atoms with E-state index in [1.165, 1.54) is 6.92 Å².